The Balaban J connectivity index is 2.26. The van der Waals surface area contributed by atoms with Crippen molar-refractivity contribution in [1.82, 2.24) is 0 Å². The van der Waals surface area contributed by atoms with Crippen molar-refractivity contribution < 1.29 is 9.47 Å². The molecule has 5 heteroatoms. The fourth-order valence-electron chi connectivity index (χ4n) is 2.28. The van der Waals surface area contributed by atoms with Gasteiger partial charge in [-0.15, -0.1) is 0 Å². The van der Waals surface area contributed by atoms with Gasteiger partial charge in [0.15, 0.2) is 0 Å². The second-order valence-electron chi connectivity index (χ2n) is 4.53. The number of anilines is 1. The van der Waals surface area contributed by atoms with Crippen LogP contribution < -0.4 is 15.4 Å². The zero-order valence-corrected chi connectivity index (χ0v) is 11.5. The summed E-state index contributed by atoms with van der Waals surface area (Å²) in [4.78, 5) is 2.22. The Kier molecular flexibility index (Phi) is 4.32. The number of hydrogen-bond donors (Lipinski definition) is 1. The van der Waals surface area contributed by atoms with E-state index in [9.17, 15) is 0 Å². The molecule has 1 saturated heterocycles. The number of ether oxygens (including phenoxy) is 2. The van der Waals surface area contributed by atoms with Crippen LogP contribution in [0.15, 0.2) is 18.2 Å². The topological polar surface area (TPSA) is 47.7 Å². The number of nitrogens with two attached hydrogens (primary N) is 1. The number of benzene rings is 1. The zero-order chi connectivity index (χ0) is 13.1. The molecule has 0 aliphatic carbocycles. The van der Waals surface area contributed by atoms with E-state index in [2.05, 4.69) is 4.90 Å². The van der Waals surface area contributed by atoms with Crippen molar-refractivity contribution in [3.05, 3.63) is 23.2 Å². The minimum absolute atomic E-state index is 0.0532. The molecule has 2 unspecified atom stereocenters. The number of rotatable bonds is 3. The van der Waals surface area contributed by atoms with Crippen molar-refractivity contribution in [1.29, 1.82) is 0 Å². The summed E-state index contributed by atoms with van der Waals surface area (Å²) >= 11 is 6.06. The molecule has 0 bridgehead atoms. The van der Waals surface area contributed by atoms with Gasteiger partial charge in [-0.1, -0.05) is 11.6 Å². The first-order valence-corrected chi connectivity index (χ1v) is 6.46. The highest BCUT2D eigenvalue weighted by atomic mass is 35.5. The van der Waals surface area contributed by atoms with E-state index in [4.69, 9.17) is 26.8 Å². The smallest absolute Gasteiger partial charge is 0.142 e. The number of halogens is 1. The molecule has 0 aromatic heterocycles. The highest BCUT2D eigenvalue weighted by Crippen LogP contribution is 2.32. The molecule has 0 spiro atoms. The molecular weight excluding hydrogens is 252 g/mol. The largest absolute Gasteiger partial charge is 0.495 e. The maximum atomic E-state index is 6.06. The summed E-state index contributed by atoms with van der Waals surface area (Å²) < 4.78 is 11.1. The summed E-state index contributed by atoms with van der Waals surface area (Å²) in [5.41, 5.74) is 6.70. The molecule has 2 N–H and O–H groups in total. The van der Waals surface area contributed by atoms with Crippen LogP contribution in [0.3, 0.4) is 0 Å². The Morgan fingerprint density at radius 3 is 2.94 bits per heavy atom. The lowest BCUT2D eigenvalue weighted by molar-refractivity contribution is -0.0105. The number of morpholine rings is 1. The minimum Gasteiger partial charge on any atom is -0.495 e. The van der Waals surface area contributed by atoms with Gasteiger partial charge in [0, 0.05) is 24.7 Å². The van der Waals surface area contributed by atoms with Crippen molar-refractivity contribution in [2.75, 3.05) is 31.6 Å². The van der Waals surface area contributed by atoms with E-state index in [1.54, 1.807) is 7.11 Å². The van der Waals surface area contributed by atoms with E-state index >= 15 is 0 Å². The first kappa shape index (κ1) is 13.5. The van der Waals surface area contributed by atoms with Gasteiger partial charge in [-0.2, -0.15) is 0 Å². The van der Waals surface area contributed by atoms with Crippen molar-refractivity contribution in [2.45, 2.75) is 19.1 Å². The maximum absolute atomic E-state index is 6.06. The lowest BCUT2D eigenvalue weighted by Gasteiger charge is -2.38. The monoisotopic (exact) mass is 270 g/mol. The Morgan fingerprint density at radius 2 is 2.28 bits per heavy atom. The lowest BCUT2D eigenvalue weighted by Crippen LogP contribution is -2.49. The van der Waals surface area contributed by atoms with Crippen molar-refractivity contribution in [3.63, 3.8) is 0 Å². The van der Waals surface area contributed by atoms with Crippen LogP contribution >= 0.6 is 11.6 Å². The third-order valence-electron chi connectivity index (χ3n) is 3.07. The fourth-order valence-corrected chi connectivity index (χ4v) is 2.45. The summed E-state index contributed by atoms with van der Waals surface area (Å²) in [6.45, 7) is 4.14. The molecule has 0 radical (unpaired) electrons. The molecule has 0 saturated carbocycles. The second-order valence-corrected chi connectivity index (χ2v) is 4.96. The number of hydrogen-bond acceptors (Lipinski definition) is 4. The standard InChI is InChI=1S/C13H19ClN2O2/c1-9-7-16(8-11(6-15)18-9)12-5-10(14)3-4-13(12)17-2/h3-5,9,11H,6-8,15H2,1-2H3. The Bertz CT molecular complexity index is 414. The van der Waals surface area contributed by atoms with Crippen LogP contribution in [0, 0.1) is 0 Å². The molecule has 2 rings (SSSR count). The van der Waals surface area contributed by atoms with Crippen molar-refractivity contribution in [2.24, 2.45) is 5.73 Å². The zero-order valence-electron chi connectivity index (χ0n) is 10.7. The Hall–Kier alpha value is -0.970. The fraction of sp³-hybridized carbons (Fsp3) is 0.538. The average molecular weight is 271 g/mol. The van der Waals surface area contributed by atoms with Gasteiger partial charge in [-0.25, -0.2) is 0 Å². The molecular formula is C13H19ClN2O2. The van der Waals surface area contributed by atoms with Crippen LogP contribution in [0.1, 0.15) is 6.92 Å². The molecule has 18 heavy (non-hydrogen) atoms. The van der Waals surface area contributed by atoms with Gasteiger partial charge in [-0.05, 0) is 25.1 Å². The molecule has 1 fully saturated rings. The van der Waals surface area contributed by atoms with Crippen molar-refractivity contribution in [3.8, 4) is 5.75 Å². The van der Waals surface area contributed by atoms with Crippen LogP contribution in [-0.2, 0) is 4.74 Å². The van der Waals surface area contributed by atoms with Gasteiger partial charge in [0.2, 0.25) is 0 Å². The van der Waals surface area contributed by atoms with Gasteiger partial charge < -0.3 is 20.1 Å². The van der Waals surface area contributed by atoms with Crippen LogP contribution in [0.5, 0.6) is 5.75 Å². The van der Waals surface area contributed by atoms with E-state index in [0.717, 1.165) is 24.5 Å². The van der Waals surface area contributed by atoms with Gasteiger partial charge in [-0.3, -0.25) is 0 Å². The van der Waals surface area contributed by atoms with Crippen LogP contribution in [-0.4, -0.2) is 39.0 Å². The Morgan fingerprint density at radius 1 is 1.50 bits per heavy atom. The molecule has 1 aliphatic rings. The minimum atomic E-state index is 0.0532. The molecule has 0 amide bonds. The third-order valence-corrected chi connectivity index (χ3v) is 3.31. The van der Waals surface area contributed by atoms with Gasteiger partial charge in [0.05, 0.1) is 25.0 Å². The van der Waals surface area contributed by atoms with Gasteiger partial charge >= 0.3 is 0 Å². The second kappa shape index (κ2) is 5.78. The van der Waals surface area contributed by atoms with E-state index in [0.29, 0.717) is 11.6 Å². The summed E-state index contributed by atoms with van der Waals surface area (Å²) in [6.07, 6.45) is 0.202. The molecule has 1 heterocycles. The molecule has 1 aliphatic heterocycles. The van der Waals surface area contributed by atoms with E-state index in [1.165, 1.54) is 0 Å². The summed E-state index contributed by atoms with van der Waals surface area (Å²) in [5, 5.41) is 0.703. The average Bonchev–Trinajstić information content (AvgIpc) is 2.38. The lowest BCUT2D eigenvalue weighted by atomic mass is 10.1. The van der Waals surface area contributed by atoms with Crippen LogP contribution in [0.25, 0.3) is 0 Å². The first-order valence-electron chi connectivity index (χ1n) is 6.08. The normalized spacial score (nSPS) is 24.1. The van der Waals surface area contributed by atoms with E-state index in [1.807, 2.05) is 25.1 Å². The molecule has 1 aromatic rings. The molecule has 4 nitrogen and oxygen atoms in total. The van der Waals surface area contributed by atoms with Crippen LogP contribution in [0.4, 0.5) is 5.69 Å². The molecule has 2 atom stereocenters. The summed E-state index contributed by atoms with van der Waals surface area (Å²) in [5.74, 6) is 0.823. The van der Waals surface area contributed by atoms with Gasteiger partial charge in [0.25, 0.3) is 0 Å². The number of methoxy groups -OCH3 is 1. The predicted molar refractivity (Wildman–Crippen MR) is 73.6 cm³/mol. The molecule has 100 valence electrons. The van der Waals surface area contributed by atoms with E-state index < -0.39 is 0 Å². The summed E-state index contributed by atoms with van der Waals surface area (Å²) in [7, 11) is 1.66. The summed E-state index contributed by atoms with van der Waals surface area (Å²) in [6, 6.07) is 5.63. The number of nitrogens with zero attached hydrogens (tertiary/aromatic N) is 1. The predicted octanol–water partition coefficient (Wildman–Crippen LogP) is 1.90. The Labute approximate surface area is 113 Å². The quantitative estimate of drug-likeness (QED) is 0.911. The first-order chi connectivity index (χ1) is 8.63. The van der Waals surface area contributed by atoms with E-state index in [-0.39, 0.29) is 12.2 Å². The third kappa shape index (κ3) is 2.88. The van der Waals surface area contributed by atoms with Gasteiger partial charge in [0.1, 0.15) is 5.75 Å². The highest BCUT2D eigenvalue weighted by Gasteiger charge is 2.26. The highest BCUT2D eigenvalue weighted by molar-refractivity contribution is 6.30. The van der Waals surface area contributed by atoms with Crippen LogP contribution in [0.2, 0.25) is 5.02 Å². The molecule has 1 aromatic carbocycles. The SMILES string of the molecule is COc1ccc(Cl)cc1N1CC(C)OC(CN)C1. The maximum Gasteiger partial charge on any atom is 0.142 e. The van der Waals surface area contributed by atoms with Crippen molar-refractivity contribution >= 4 is 17.3 Å².